The van der Waals surface area contributed by atoms with E-state index in [0.29, 0.717) is 11.3 Å². The van der Waals surface area contributed by atoms with Crippen molar-refractivity contribution in [2.75, 3.05) is 5.32 Å². The first-order valence-corrected chi connectivity index (χ1v) is 7.19. The van der Waals surface area contributed by atoms with Gasteiger partial charge in [0.2, 0.25) is 5.91 Å². The number of nitrogens with two attached hydrogens (primary N) is 1. The van der Waals surface area contributed by atoms with Crippen LogP contribution in [0.2, 0.25) is 0 Å². The van der Waals surface area contributed by atoms with E-state index in [2.05, 4.69) is 10.3 Å². The molecule has 0 radical (unpaired) electrons. The summed E-state index contributed by atoms with van der Waals surface area (Å²) in [7, 11) is 0. The molecule has 0 unspecified atom stereocenters. The van der Waals surface area contributed by atoms with Gasteiger partial charge in [-0.05, 0) is 26.0 Å². The summed E-state index contributed by atoms with van der Waals surface area (Å²) in [6.45, 7) is 3.09. The lowest BCUT2D eigenvalue weighted by Gasteiger charge is -2.16. The van der Waals surface area contributed by atoms with E-state index in [0.717, 1.165) is 23.5 Å². The first-order valence-electron chi connectivity index (χ1n) is 6.31. The standard InChI is InChI=1S/C14H14F3N3OS/c1-13(2,18)11(21)20-12-19-10(7-22-12)8-4-3-5-9(6-8)14(15,16)17/h3-7H,18H2,1-2H3,(H,19,20,21). The highest BCUT2D eigenvalue weighted by Crippen LogP contribution is 2.33. The predicted molar refractivity (Wildman–Crippen MR) is 79.4 cm³/mol. The van der Waals surface area contributed by atoms with Gasteiger partial charge in [0.15, 0.2) is 5.13 Å². The van der Waals surface area contributed by atoms with Crippen LogP contribution in [0, 0.1) is 0 Å². The molecular weight excluding hydrogens is 315 g/mol. The van der Waals surface area contributed by atoms with Gasteiger partial charge in [-0.3, -0.25) is 4.79 Å². The highest BCUT2D eigenvalue weighted by atomic mass is 32.1. The number of alkyl halides is 3. The molecule has 22 heavy (non-hydrogen) atoms. The molecule has 0 aliphatic carbocycles. The van der Waals surface area contributed by atoms with Gasteiger partial charge in [-0.2, -0.15) is 13.2 Å². The Hall–Kier alpha value is -1.93. The van der Waals surface area contributed by atoms with E-state index in [1.165, 1.54) is 12.1 Å². The maximum absolute atomic E-state index is 12.7. The third-order valence-corrected chi connectivity index (χ3v) is 3.55. The minimum atomic E-state index is -4.41. The number of aromatic nitrogens is 1. The van der Waals surface area contributed by atoms with Crippen LogP contribution in [0.25, 0.3) is 11.3 Å². The second-order valence-corrected chi connectivity index (χ2v) is 6.15. The predicted octanol–water partition coefficient (Wildman–Crippen LogP) is 3.50. The van der Waals surface area contributed by atoms with Crippen molar-refractivity contribution in [2.45, 2.75) is 25.6 Å². The maximum Gasteiger partial charge on any atom is 0.416 e. The number of anilines is 1. The van der Waals surface area contributed by atoms with Crippen molar-refractivity contribution in [3.63, 3.8) is 0 Å². The SMILES string of the molecule is CC(C)(N)C(=O)Nc1nc(-c2cccc(C(F)(F)F)c2)cs1. The van der Waals surface area contributed by atoms with Gasteiger partial charge in [-0.25, -0.2) is 4.98 Å². The Bertz CT molecular complexity index is 689. The first kappa shape index (κ1) is 16.4. The van der Waals surface area contributed by atoms with Crippen LogP contribution < -0.4 is 11.1 Å². The summed E-state index contributed by atoms with van der Waals surface area (Å²) in [5.74, 6) is -0.419. The second-order valence-electron chi connectivity index (χ2n) is 5.29. The van der Waals surface area contributed by atoms with E-state index >= 15 is 0 Å². The number of hydrogen-bond donors (Lipinski definition) is 2. The molecule has 2 aromatic rings. The zero-order valence-corrected chi connectivity index (χ0v) is 12.7. The summed E-state index contributed by atoms with van der Waals surface area (Å²) in [5.41, 5.74) is 4.54. The Kier molecular flexibility index (Phi) is 4.25. The minimum Gasteiger partial charge on any atom is -0.318 e. The highest BCUT2D eigenvalue weighted by molar-refractivity contribution is 7.14. The van der Waals surface area contributed by atoms with Crippen LogP contribution >= 0.6 is 11.3 Å². The lowest BCUT2D eigenvalue weighted by atomic mass is 10.1. The van der Waals surface area contributed by atoms with Gasteiger partial charge in [0.25, 0.3) is 0 Å². The molecule has 0 aliphatic rings. The van der Waals surface area contributed by atoms with Crippen LogP contribution in [0.1, 0.15) is 19.4 Å². The van der Waals surface area contributed by atoms with E-state index < -0.39 is 23.2 Å². The van der Waals surface area contributed by atoms with Gasteiger partial charge < -0.3 is 11.1 Å². The number of thiazole rings is 1. The van der Waals surface area contributed by atoms with Crippen molar-refractivity contribution in [3.05, 3.63) is 35.2 Å². The zero-order valence-electron chi connectivity index (χ0n) is 11.9. The lowest BCUT2D eigenvalue weighted by molar-refractivity contribution is -0.137. The van der Waals surface area contributed by atoms with Gasteiger partial charge in [0.1, 0.15) is 0 Å². The number of amides is 1. The number of carbonyl (C=O) groups is 1. The summed E-state index contributed by atoms with van der Waals surface area (Å²) >= 11 is 1.12. The number of rotatable bonds is 3. The molecular formula is C14H14F3N3OS. The topological polar surface area (TPSA) is 68.0 Å². The van der Waals surface area contributed by atoms with Crippen LogP contribution in [-0.4, -0.2) is 16.4 Å². The molecule has 1 aromatic carbocycles. The zero-order chi connectivity index (χ0) is 16.5. The lowest BCUT2D eigenvalue weighted by Crippen LogP contribution is -2.45. The number of halogens is 3. The Labute approximate surface area is 129 Å². The summed E-state index contributed by atoms with van der Waals surface area (Å²) < 4.78 is 38.1. The Morgan fingerprint density at radius 1 is 1.32 bits per heavy atom. The number of hydrogen-bond acceptors (Lipinski definition) is 4. The molecule has 0 saturated heterocycles. The van der Waals surface area contributed by atoms with E-state index in [1.807, 2.05) is 0 Å². The molecule has 0 bridgehead atoms. The summed E-state index contributed by atoms with van der Waals surface area (Å²) in [6, 6.07) is 4.87. The fourth-order valence-corrected chi connectivity index (χ4v) is 2.29. The van der Waals surface area contributed by atoms with Crippen molar-refractivity contribution < 1.29 is 18.0 Å². The first-order chi connectivity index (χ1) is 10.1. The Balaban J connectivity index is 2.24. The highest BCUT2D eigenvalue weighted by Gasteiger charge is 2.30. The quantitative estimate of drug-likeness (QED) is 0.905. The minimum absolute atomic E-state index is 0.288. The smallest absolute Gasteiger partial charge is 0.318 e. The van der Waals surface area contributed by atoms with E-state index in [4.69, 9.17) is 5.73 Å². The normalized spacial score (nSPS) is 12.3. The van der Waals surface area contributed by atoms with E-state index in [9.17, 15) is 18.0 Å². The van der Waals surface area contributed by atoms with Crippen molar-refractivity contribution in [1.29, 1.82) is 0 Å². The summed E-state index contributed by atoms with van der Waals surface area (Å²) in [5, 5.41) is 4.40. The third kappa shape index (κ3) is 3.83. The van der Waals surface area contributed by atoms with Gasteiger partial charge in [0.05, 0.1) is 16.8 Å². The summed E-state index contributed by atoms with van der Waals surface area (Å²) in [6.07, 6.45) is -4.41. The third-order valence-electron chi connectivity index (χ3n) is 2.80. The van der Waals surface area contributed by atoms with Crippen LogP contribution in [0.15, 0.2) is 29.6 Å². The molecule has 8 heteroatoms. The molecule has 1 aromatic heterocycles. The fraction of sp³-hybridized carbons (Fsp3) is 0.286. The molecule has 1 amide bonds. The average Bonchev–Trinajstić information content (AvgIpc) is 2.85. The largest absolute Gasteiger partial charge is 0.416 e. The average molecular weight is 329 g/mol. The molecule has 2 rings (SSSR count). The summed E-state index contributed by atoms with van der Waals surface area (Å²) in [4.78, 5) is 15.9. The molecule has 1 heterocycles. The number of nitrogens with zero attached hydrogens (tertiary/aromatic N) is 1. The molecule has 118 valence electrons. The number of carbonyl (C=O) groups excluding carboxylic acids is 1. The molecule has 0 fully saturated rings. The Morgan fingerprint density at radius 2 is 2.00 bits per heavy atom. The van der Waals surface area contributed by atoms with Gasteiger partial charge >= 0.3 is 6.18 Å². The van der Waals surface area contributed by atoms with E-state index in [-0.39, 0.29) is 5.13 Å². The molecule has 0 atom stereocenters. The second kappa shape index (κ2) is 5.69. The van der Waals surface area contributed by atoms with Crippen molar-refractivity contribution >= 4 is 22.4 Å². The van der Waals surface area contributed by atoms with Crippen LogP contribution in [0.4, 0.5) is 18.3 Å². The van der Waals surface area contributed by atoms with Crippen molar-refractivity contribution in [2.24, 2.45) is 5.73 Å². The molecule has 0 aliphatic heterocycles. The van der Waals surface area contributed by atoms with Crippen LogP contribution in [0.5, 0.6) is 0 Å². The number of nitrogens with one attached hydrogen (secondary N) is 1. The Morgan fingerprint density at radius 3 is 2.59 bits per heavy atom. The molecule has 0 spiro atoms. The van der Waals surface area contributed by atoms with Gasteiger partial charge in [0, 0.05) is 10.9 Å². The van der Waals surface area contributed by atoms with Crippen molar-refractivity contribution in [3.8, 4) is 11.3 Å². The van der Waals surface area contributed by atoms with Crippen LogP contribution in [-0.2, 0) is 11.0 Å². The monoisotopic (exact) mass is 329 g/mol. The van der Waals surface area contributed by atoms with E-state index in [1.54, 1.807) is 19.2 Å². The maximum atomic E-state index is 12.7. The number of benzene rings is 1. The molecule has 0 saturated carbocycles. The van der Waals surface area contributed by atoms with Crippen LogP contribution in [0.3, 0.4) is 0 Å². The van der Waals surface area contributed by atoms with Crippen molar-refractivity contribution in [1.82, 2.24) is 4.98 Å². The molecule has 3 N–H and O–H groups in total. The fourth-order valence-electron chi connectivity index (χ4n) is 1.58. The van der Waals surface area contributed by atoms with Gasteiger partial charge in [-0.1, -0.05) is 12.1 Å². The molecule has 4 nitrogen and oxygen atoms in total. The van der Waals surface area contributed by atoms with Gasteiger partial charge in [-0.15, -0.1) is 11.3 Å².